The summed E-state index contributed by atoms with van der Waals surface area (Å²) in [5, 5.41) is 9.23. The third kappa shape index (κ3) is 3.68. The van der Waals surface area contributed by atoms with Crippen LogP contribution in [0, 0.1) is 0 Å². The van der Waals surface area contributed by atoms with Crippen molar-refractivity contribution in [2.75, 3.05) is 16.0 Å². The standard InChI is InChI=1S/C17H16N4O2/c1-11(22)19-13-2-4-14(5-3-13)20-17(23)21-15-6-7-16-12(10-15)8-9-18-16/h2-10,18H,1H3,(H,19,22)(H2,20,21,23). The highest BCUT2D eigenvalue weighted by Gasteiger charge is 2.04. The number of anilines is 3. The second kappa shape index (κ2) is 6.23. The number of carbonyl (C=O) groups excluding carboxylic acids is 2. The summed E-state index contributed by atoms with van der Waals surface area (Å²) in [6, 6.07) is 14.1. The summed E-state index contributed by atoms with van der Waals surface area (Å²) in [6.07, 6.45) is 1.85. The zero-order valence-corrected chi connectivity index (χ0v) is 12.5. The molecule has 4 N–H and O–H groups in total. The average molecular weight is 308 g/mol. The normalized spacial score (nSPS) is 10.3. The van der Waals surface area contributed by atoms with Crippen LogP contribution >= 0.6 is 0 Å². The molecule has 2 aromatic carbocycles. The van der Waals surface area contributed by atoms with Crippen LogP contribution in [0.3, 0.4) is 0 Å². The number of aromatic amines is 1. The first-order chi connectivity index (χ1) is 11.1. The molecule has 3 amide bonds. The third-order valence-electron chi connectivity index (χ3n) is 3.27. The largest absolute Gasteiger partial charge is 0.361 e. The minimum Gasteiger partial charge on any atom is -0.361 e. The molecule has 6 heteroatoms. The van der Waals surface area contributed by atoms with E-state index in [0.29, 0.717) is 17.1 Å². The van der Waals surface area contributed by atoms with Gasteiger partial charge in [-0.25, -0.2) is 4.79 Å². The number of hydrogen-bond donors (Lipinski definition) is 4. The fourth-order valence-electron chi connectivity index (χ4n) is 2.26. The Labute approximate surface area is 132 Å². The second-order valence-electron chi connectivity index (χ2n) is 5.12. The predicted octanol–water partition coefficient (Wildman–Crippen LogP) is 3.77. The maximum Gasteiger partial charge on any atom is 0.323 e. The minimum atomic E-state index is -0.327. The van der Waals surface area contributed by atoms with Gasteiger partial charge in [0.2, 0.25) is 5.91 Å². The van der Waals surface area contributed by atoms with Gasteiger partial charge in [0.1, 0.15) is 0 Å². The fraction of sp³-hybridized carbons (Fsp3) is 0.0588. The average Bonchev–Trinajstić information content (AvgIpc) is 2.96. The molecule has 0 unspecified atom stereocenters. The number of amides is 3. The summed E-state index contributed by atoms with van der Waals surface area (Å²) in [5.41, 5.74) is 3.05. The molecule has 3 aromatic rings. The van der Waals surface area contributed by atoms with Gasteiger partial charge in [-0.15, -0.1) is 0 Å². The zero-order chi connectivity index (χ0) is 16.2. The summed E-state index contributed by atoms with van der Waals surface area (Å²) >= 11 is 0. The summed E-state index contributed by atoms with van der Waals surface area (Å²) in [7, 11) is 0. The second-order valence-corrected chi connectivity index (χ2v) is 5.12. The van der Waals surface area contributed by atoms with E-state index in [4.69, 9.17) is 0 Å². The van der Waals surface area contributed by atoms with Crippen LogP contribution in [-0.2, 0) is 4.79 Å². The number of fused-ring (bicyclic) bond motifs is 1. The molecule has 116 valence electrons. The first-order valence-corrected chi connectivity index (χ1v) is 7.13. The molecule has 0 fully saturated rings. The van der Waals surface area contributed by atoms with Crippen LogP contribution in [0.15, 0.2) is 54.7 Å². The summed E-state index contributed by atoms with van der Waals surface area (Å²) < 4.78 is 0. The van der Waals surface area contributed by atoms with Gasteiger partial charge in [-0.05, 0) is 48.5 Å². The summed E-state index contributed by atoms with van der Waals surface area (Å²) in [6.45, 7) is 1.45. The van der Waals surface area contributed by atoms with Crippen LogP contribution in [0.5, 0.6) is 0 Å². The number of H-pyrrole nitrogens is 1. The molecule has 0 radical (unpaired) electrons. The number of urea groups is 1. The molecule has 0 aliphatic rings. The fourth-order valence-corrected chi connectivity index (χ4v) is 2.26. The maximum atomic E-state index is 12.0. The van der Waals surface area contributed by atoms with Crippen molar-refractivity contribution in [1.29, 1.82) is 0 Å². The SMILES string of the molecule is CC(=O)Nc1ccc(NC(=O)Nc2ccc3[nH]ccc3c2)cc1. The Hall–Kier alpha value is -3.28. The van der Waals surface area contributed by atoms with Crippen molar-refractivity contribution in [2.45, 2.75) is 6.92 Å². The number of benzene rings is 2. The van der Waals surface area contributed by atoms with Crippen LogP contribution in [-0.4, -0.2) is 16.9 Å². The molecular weight excluding hydrogens is 292 g/mol. The van der Waals surface area contributed by atoms with Gasteiger partial charge < -0.3 is 20.9 Å². The highest BCUT2D eigenvalue weighted by molar-refractivity contribution is 6.01. The predicted molar refractivity (Wildman–Crippen MR) is 91.7 cm³/mol. The van der Waals surface area contributed by atoms with Gasteiger partial charge >= 0.3 is 6.03 Å². The Morgan fingerprint density at radius 1 is 0.826 bits per heavy atom. The van der Waals surface area contributed by atoms with Crippen molar-refractivity contribution in [2.24, 2.45) is 0 Å². The van der Waals surface area contributed by atoms with Gasteiger partial charge in [0.05, 0.1) is 0 Å². The number of aromatic nitrogens is 1. The lowest BCUT2D eigenvalue weighted by Gasteiger charge is -2.09. The first kappa shape index (κ1) is 14.6. The van der Waals surface area contributed by atoms with E-state index in [0.717, 1.165) is 10.9 Å². The third-order valence-corrected chi connectivity index (χ3v) is 3.27. The van der Waals surface area contributed by atoms with Crippen molar-refractivity contribution < 1.29 is 9.59 Å². The van der Waals surface area contributed by atoms with E-state index < -0.39 is 0 Å². The molecule has 1 heterocycles. The Morgan fingerprint density at radius 3 is 2.13 bits per heavy atom. The van der Waals surface area contributed by atoms with Gasteiger partial charge in [0.25, 0.3) is 0 Å². The highest BCUT2D eigenvalue weighted by Crippen LogP contribution is 2.18. The smallest absolute Gasteiger partial charge is 0.323 e. The molecule has 0 saturated carbocycles. The van der Waals surface area contributed by atoms with Crippen molar-refractivity contribution in [3.8, 4) is 0 Å². The van der Waals surface area contributed by atoms with Crippen molar-refractivity contribution >= 4 is 39.9 Å². The lowest BCUT2D eigenvalue weighted by atomic mass is 10.2. The number of rotatable bonds is 3. The van der Waals surface area contributed by atoms with Crippen LogP contribution in [0.25, 0.3) is 10.9 Å². The van der Waals surface area contributed by atoms with Crippen molar-refractivity contribution in [1.82, 2.24) is 4.98 Å². The van der Waals surface area contributed by atoms with E-state index in [2.05, 4.69) is 20.9 Å². The van der Waals surface area contributed by atoms with Crippen LogP contribution in [0.1, 0.15) is 6.92 Å². The van der Waals surface area contributed by atoms with Crippen molar-refractivity contribution in [3.05, 3.63) is 54.7 Å². The molecular formula is C17H16N4O2. The van der Waals surface area contributed by atoms with Crippen LogP contribution < -0.4 is 16.0 Å². The molecule has 0 aliphatic heterocycles. The Kier molecular flexibility index (Phi) is 3.97. The van der Waals surface area contributed by atoms with Crippen LogP contribution in [0.2, 0.25) is 0 Å². The number of nitrogens with one attached hydrogen (secondary N) is 4. The molecule has 0 bridgehead atoms. The van der Waals surface area contributed by atoms with Gasteiger partial charge in [0.15, 0.2) is 0 Å². The number of carbonyl (C=O) groups is 2. The summed E-state index contributed by atoms with van der Waals surface area (Å²) in [5.74, 6) is -0.136. The monoisotopic (exact) mass is 308 g/mol. The Bertz CT molecular complexity index is 852. The maximum absolute atomic E-state index is 12.0. The number of hydrogen-bond acceptors (Lipinski definition) is 2. The molecule has 0 aliphatic carbocycles. The van der Waals surface area contributed by atoms with E-state index >= 15 is 0 Å². The van der Waals surface area contributed by atoms with Gasteiger partial charge in [-0.3, -0.25) is 4.79 Å². The zero-order valence-electron chi connectivity index (χ0n) is 12.5. The molecule has 0 atom stereocenters. The first-order valence-electron chi connectivity index (χ1n) is 7.13. The lowest BCUT2D eigenvalue weighted by molar-refractivity contribution is -0.114. The minimum absolute atomic E-state index is 0.136. The molecule has 3 rings (SSSR count). The summed E-state index contributed by atoms with van der Waals surface area (Å²) in [4.78, 5) is 26.1. The molecule has 0 saturated heterocycles. The van der Waals surface area contributed by atoms with Crippen LogP contribution in [0.4, 0.5) is 21.9 Å². The van der Waals surface area contributed by atoms with Gasteiger partial charge in [-0.1, -0.05) is 0 Å². The Balaban J connectivity index is 1.63. The topological polar surface area (TPSA) is 86.0 Å². The quantitative estimate of drug-likeness (QED) is 0.593. The van der Waals surface area contributed by atoms with Crippen molar-refractivity contribution in [3.63, 3.8) is 0 Å². The van der Waals surface area contributed by atoms with E-state index in [-0.39, 0.29) is 11.9 Å². The molecule has 0 spiro atoms. The Morgan fingerprint density at radius 2 is 1.43 bits per heavy atom. The highest BCUT2D eigenvalue weighted by atomic mass is 16.2. The van der Waals surface area contributed by atoms with E-state index in [1.54, 1.807) is 24.3 Å². The van der Waals surface area contributed by atoms with E-state index in [1.165, 1.54) is 6.92 Å². The molecule has 1 aromatic heterocycles. The lowest BCUT2D eigenvalue weighted by Crippen LogP contribution is -2.19. The van der Waals surface area contributed by atoms with Gasteiger partial charge in [0, 0.05) is 41.1 Å². The van der Waals surface area contributed by atoms with E-state index in [1.807, 2.05) is 30.5 Å². The molecule has 23 heavy (non-hydrogen) atoms. The van der Waals surface area contributed by atoms with Gasteiger partial charge in [-0.2, -0.15) is 0 Å². The molecule has 6 nitrogen and oxygen atoms in total. The van der Waals surface area contributed by atoms with E-state index in [9.17, 15) is 9.59 Å².